The number of pyridine rings is 1. The first-order valence-corrected chi connectivity index (χ1v) is 10.5. The van der Waals surface area contributed by atoms with Crippen molar-refractivity contribution in [3.63, 3.8) is 0 Å². The van der Waals surface area contributed by atoms with Crippen molar-refractivity contribution in [2.24, 2.45) is 0 Å². The van der Waals surface area contributed by atoms with Crippen LogP contribution in [0.25, 0.3) is 16.5 Å². The summed E-state index contributed by atoms with van der Waals surface area (Å²) in [5.41, 5.74) is 6.84. The number of hydrogen-bond donors (Lipinski definition) is 1. The number of ether oxygens (including phenoxy) is 1. The summed E-state index contributed by atoms with van der Waals surface area (Å²) in [7, 11) is 0. The third-order valence-electron chi connectivity index (χ3n) is 5.90. The van der Waals surface area contributed by atoms with Gasteiger partial charge in [-0.3, -0.25) is 14.7 Å². The zero-order chi connectivity index (χ0) is 20.5. The predicted molar refractivity (Wildman–Crippen MR) is 120 cm³/mol. The fourth-order valence-electron chi connectivity index (χ4n) is 4.27. The molecule has 0 unspecified atom stereocenters. The Bertz CT molecular complexity index is 1150. The number of amides is 1. The van der Waals surface area contributed by atoms with E-state index in [0.717, 1.165) is 55.1 Å². The Morgan fingerprint density at radius 1 is 1.17 bits per heavy atom. The number of aryl methyl sites for hydroxylation is 1. The average Bonchev–Trinajstić information content (AvgIpc) is 2.77. The molecule has 1 amide bonds. The van der Waals surface area contributed by atoms with Crippen molar-refractivity contribution < 1.29 is 9.53 Å². The van der Waals surface area contributed by atoms with Gasteiger partial charge in [0, 0.05) is 30.7 Å². The molecule has 3 heterocycles. The van der Waals surface area contributed by atoms with Gasteiger partial charge in [-0.25, -0.2) is 0 Å². The Balaban J connectivity index is 1.25. The lowest BCUT2D eigenvalue weighted by molar-refractivity contribution is -0.118. The number of carbonyl (C=O) groups is 1. The van der Waals surface area contributed by atoms with Crippen LogP contribution in [0.3, 0.4) is 0 Å². The van der Waals surface area contributed by atoms with Crippen molar-refractivity contribution >= 4 is 28.1 Å². The normalized spacial score (nSPS) is 16.6. The Morgan fingerprint density at radius 3 is 2.97 bits per heavy atom. The summed E-state index contributed by atoms with van der Waals surface area (Å²) in [4.78, 5) is 18.7. The molecule has 1 N–H and O–H groups in total. The Labute approximate surface area is 176 Å². The smallest absolute Gasteiger partial charge is 0.262 e. The SMILES string of the molecule is Cc1ccc2c(C3=CCN(CCc4ccc5c(c4)NC(=O)CO5)CC3)cccc2n1. The fraction of sp³-hybridized carbons (Fsp3) is 0.280. The molecule has 0 fully saturated rings. The summed E-state index contributed by atoms with van der Waals surface area (Å²) in [5, 5.41) is 4.13. The molecule has 0 atom stereocenters. The number of carbonyl (C=O) groups excluding carboxylic acids is 1. The van der Waals surface area contributed by atoms with Crippen molar-refractivity contribution in [2.75, 3.05) is 31.6 Å². The molecule has 3 aromatic rings. The molecule has 0 spiro atoms. The van der Waals surface area contributed by atoms with Gasteiger partial charge in [0.05, 0.1) is 11.2 Å². The number of nitrogens with one attached hydrogen (secondary N) is 1. The van der Waals surface area contributed by atoms with Crippen LogP contribution in [0.2, 0.25) is 0 Å². The molecule has 0 bridgehead atoms. The van der Waals surface area contributed by atoms with Gasteiger partial charge >= 0.3 is 0 Å². The third kappa shape index (κ3) is 3.81. The van der Waals surface area contributed by atoms with Gasteiger partial charge in [0.25, 0.3) is 5.91 Å². The van der Waals surface area contributed by atoms with Gasteiger partial charge in [-0.1, -0.05) is 30.3 Å². The molecular formula is C25H25N3O2. The number of anilines is 1. The van der Waals surface area contributed by atoms with Crippen molar-refractivity contribution in [3.8, 4) is 5.75 Å². The van der Waals surface area contributed by atoms with E-state index < -0.39 is 0 Å². The lowest BCUT2D eigenvalue weighted by atomic mass is 9.95. The van der Waals surface area contributed by atoms with Crippen molar-refractivity contribution in [1.82, 2.24) is 9.88 Å². The van der Waals surface area contributed by atoms with Crippen molar-refractivity contribution in [1.29, 1.82) is 0 Å². The van der Waals surface area contributed by atoms with Gasteiger partial charge in [-0.2, -0.15) is 0 Å². The monoisotopic (exact) mass is 399 g/mol. The maximum atomic E-state index is 11.5. The Kier molecular flexibility index (Phi) is 4.97. The van der Waals surface area contributed by atoms with Gasteiger partial charge in [-0.15, -0.1) is 0 Å². The van der Waals surface area contributed by atoms with Crippen LogP contribution >= 0.6 is 0 Å². The molecule has 1 aromatic heterocycles. The van der Waals surface area contributed by atoms with Crippen LogP contribution in [0.5, 0.6) is 5.75 Å². The molecule has 0 saturated carbocycles. The zero-order valence-corrected chi connectivity index (χ0v) is 17.1. The first kappa shape index (κ1) is 18.8. The van der Waals surface area contributed by atoms with E-state index in [9.17, 15) is 4.79 Å². The van der Waals surface area contributed by atoms with Crippen molar-refractivity contribution in [3.05, 3.63) is 71.4 Å². The number of hydrogen-bond acceptors (Lipinski definition) is 4. The lowest BCUT2D eigenvalue weighted by Gasteiger charge is -2.27. The minimum absolute atomic E-state index is 0.0906. The van der Waals surface area contributed by atoms with Crippen LogP contribution in [0, 0.1) is 6.92 Å². The Morgan fingerprint density at radius 2 is 2.10 bits per heavy atom. The fourth-order valence-corrected chi connectivity index (χ4v) is 4.27. The second kappa shape index (κ2) is 7.92. The maximum absolute atomic E-state index is 11.5. The number of aromatic nitrogens is 1. The molecule has 2 aliphatic heterocycles. The Hall–Kier alpha value is -3.18. The molecular weight excluding hydrogens is 374 g/mol. The number of nitrogens with zero attached hydrogens (tertiary/aromatic N) is 2. The summed E-state index contributed by atoms with van der Waals surface area (Å²) in [6, 6.07) is 16.8. The van der Waals surface area contributed by atoms with Crippen LogP contribution in [-0.4, -0.2) is 42.0 Å². The predicted octanol–water partition coefficient (Wildman–Crippen LogP) is 4.21. The third-order valence-corrected chi connectivity index (χ3v) is 5.90. The van der Waals surface area contributed by atoms with E-state index in [-0.39, 0.29) is 12.5 Å². The summed E-state index contributed by atoms with van der Waals surface area (Å²) in [6.07, 6.45) is 4.35. The van der Waals surface area contributed by atoms with Crippen LogP contribution < -0.4 is 10.1 Å². The van der Waals surface area contributed by atoms with Gasteiger partial charge in [0.2, 0.25) is 0 Å². The van der Waals surface area contributed by atoms with E-state index in [1.54, 1.807) is 0 Å². The number of benzene rings is 2. The maximum Gasteiger partial charge on any atom is 0.262 e. The second-order valence-corrected chi connectivity index (χ2v) is 8.02. The number of rotatable bonds is 4. The highest BCUT2D eigenvalue weighted by atomic mass is 16.5. The summed E-state index contributed by atoms with van der Waals surface area (Å²) >= 11 is 0. The topological polar surface area (TPSA) is 54.5 Å². The molecule has 152 valence electrons. The quantitative estimate of drug-likeness (QED) is 0.714. The molecule has 2 aromatic carbocycles. The van der Waals surface area contributed by atoms with Crippen LogP contribution in [0.15, 0.2) is 54.6 Å². The van der Waals surface area contributed by atoms with Gasteiger partial charge < -0.3 is 10.1 Å². The summed E-state index contributed by atoms with van der Waals surface area (Å²) < 4.78 is 5.44. The summed E-state index contributed by atoms with van der Waals surface area (Å²) in [5.74, 6) is 0.663. The van der Waals surface area contributed by atoms with E-state index in [0.29, 0.717) is 0 Å². The van der Waals surface area contributed by atoms with E-state index in [1.165, 1.54) is 22.1 Å². The average molecular weight is 399 g/mol. The molecule has 5 rings (SSSR count). The van der Waals surface area contributed by atoms with Crippen LogP contribution in [0.4, 0.5) is 5.69 Å². The van der Waals surface area contributed by atoms with E-state index in [2.05, 4.69) is 57.7 Å². The van der Waals surface area contributed by atoms with E-state index in [4.69, 9.17) is 4.74 Å². The van der Waals surface area contributed by atoms with Crippen molar-refractivity contribution in [2.45, 2.75) is 19.8 Å². The highest BCUT2D eigenvalue weighted by molar-refractivity contribution is 5.95. The minimum atomic E-state index is -0.0906. The van der Waals surface area contributed by atoms with Gasteiger partial charge in [0.15, 0.2) is 6.61 Å². The standard InChI is InChI=1S/C25H25N3O2/c1-17-5-7-21-20(3-2-4-22(21)26-17)19-10-13-28(14-11-19)12-9-18-6-8-24-23(15-18)27-25(29)16-30-24/h2-8,10,15H,9,11-14,16H2,1H3,(H,27,29). The molecule has 0 radical (unpaired) electrons. The molecule has 0 aliphatic carbocycles. The molecule has 0 saturated heterocycles. The van der Waals surface area contributed by atoms with Crippen LogP contribution in [-0.2, 0) is 11.2 Å². The second-order valence-electron chi connectivity index (χ2n) is 8.02. The number of fused-ring (bicyclic) bond motifs is 2. The van der Waals surface area contributed by atoms with Crippen LogP contribution in [0.1, 0.15) is 23.2 Å². The molecule has 2 aliphatic rings. The zero-order valence-electron chi connectivity index (χ0n) is 17.1. The summed E-state index contributed by atoms with van der Waals surface area (Å²) in [6.45, 7) is 5.13. The first-order chi connectivity index (χ1) is 14.7. The van der Waals surface area contributed by atoms with Gasteiger partial charge in [-0.05, 0) is 60.7 Å². The molecule has 30 heavy (non-hydrogen) atoms. The first-order valence-electron chi connectivity index (χ1n) is 10.5. The molecule has 5 nitrogen and oxygen atoms in total. The minimum Gasteiger partial charge on any atom is -0.482 e. The lowest BCUT2D eigenvalue weighted by Crippen LogP contribution is -2.30. The highest BCUT2D eigenvalue weighted by Crippen LogP contribution is 2.30. The largest absolute Gasteiger partial charge is 0.482 e. The van der Waals surface area contributed by atoms with E-state index >= 15 is 0 Å². The highest BCUT2D eigenvalue weighted by Gasteiger charge is 2.17. The van der Waals surface area contributed by atoms with Gasteiger partial charge in [0.1, 0.15) is 5.75 Å². The molecule has 5 heteroatoms. The van der Waals surface area contributed by atoms with E-state index in [1.807, 2.05) is 19.1 Å².